The zero-order valence-corrected chi connectivity index (χ0v) is 15.5. The fourth-order valence-corrected chi connectivity index (χ4v) is 3.02. The van der Waals surface area contributed by atoms with E-state index in [9.17, 15) is 9.59 Å². The van der Waals surface area contributed by atoms with E-state index in [2.05, 4.69) is 10.6 Å². The van der Waals surface area contributed by atoms with Gasteiger partial charge in [-0.3, -0.25) is 9.59 Å². The third-order valence-corrected chi connectivity index (χ3v) is 4.57. The van der Waals surface area contributed by atoms with Crippen molar-refractivity contribution in [3.8, 4) is 0 Å². The number of anilines is 2. The predicted octanol–water partition coefficient (Wildman–Crippen LogP) is 4.84. The van der Waals surface area contributed by atoms with Gasteiger partial charge in [0.25, 0.3) is 0 Å². The summed E-state index contributed by atoms with van der Waals surface area (Å²) in [4.78, 5) is 23.5. The minimum atomic E-state index is -0.207. The molecule has 0 radical (unpaired) electrons. The molecule has 3 rings (SSSR count). The van der Waals surface area contributed by atoms with Gasteiger partial charge in [-0.1, -0.05) is 23.7 Å². The predicted molar refractivity (Wildman–Crippen MR) is 104 cm³/mol. The van der Waals surface area contributed by atoms with E-state index in [1.165, 1.54) is 6.92 Å². The highest BCUT2D eigenvalue weighted by Gasteiger charge is 2.13. The zero-order valence-electron chi connectivity index (χ0n) is 14.8. The average Bonchev–Trinajstić information content (AvgIpc) is 2.96. The Balaban J connectivity index is 1.74. The lowest BCUT2D eigenvalue weighted by Gasteiger charge is -2.09. The third kappa shape index (κ3) is 3.73. The standard InChI is InChI=1S/C20H19ClN2O3/c1-11-4-6-16-14(10-26-20(16)12(11)2)8-19(25)23-15-5-7-18(17(21)9-15)22-13(3)24/h4-7,9-10H,8H2,1-3H3,(H,22,24)(H,23,25). The molecular weight excluding hydrogens is 352 g/mol. The van der Waals surface area contributed by atoms with E-state index in [0.717, 1.165) is 27.7 Å². The second-order valence-corrected chi connectivity index (χ2v) is 6.65. The van der Waals surface area contributed by atoms with E-state index in [-0.39, 0.29) is 18.2 Å². The third-order valence-electron chi connectivity index (χ3n) is 4.26. The van der Waals surface area contributed by atoms with Crippen LogP contribution in [0.2, 0.25) is 5.02 Å². The minimum absolute atomic E-state index is 0.172. The Hall–Kier alpha value is -2.79. The molecule has 0 fully saturated rings. The number of amides is 2. The summed E-state index contributed by atoms with van der Waals surface area (Å²) in [6, 6.07) is 8.94. The van der Waals surface area contributed by atoms with E-state index >= 15 is 0 Å². The molecule has 0 atom stereocenters. The smallest absolute Gasteiger partial charge is 0.228 e. The van der Waals surface area contributed by atoms with Gasteiger partial charge < -0.3 is 15.1 Å². The van der Waals surface area contributed by atoms with Crippen molar-refractivity contribution < 1.29 is 14.0 Å². The lowest BCUT2D eigenvalue weighted by Crippen LogP contribution is -2.14. The maximum absolute atomic E-state index is 12.4. The van der Waals surface area contributed by atoms with Crippen LogP contribution in [0.15, 0.2) is 41.0 Å². The molecule has 0 spiro atoms. The van der Waals surface area contributed by atoms with Crippen molar-refractivity contribution in [1.82, 2.24) is 0 Å². The van der Waals surface area contributed by atoms with Crippen molar-refractivity contribution in [2.75, 3.05) is 10.6 Å². The van der Waals surface area contributed by atoms with Gasteiger partial charge >= 0.3 is 0 Å². The molecule has 0 saturated carbocycles. The van der Waals surface area contributed by atoms with Crippen molar-refractivity contribution >= 4 is 45.8 Å². The Morgan fingerprint density at radius 3 is 2.58 bits per heavy atom. The van der Waals surface area contributed by atoms with Gasteiger partial charge in [0.05, 0.1) is 23.4 Å². The largest absolute Gasteiger partial charge is 0.464 e. The number of rotatable bonds is 4. The van der Waals surface area contributed by atoms with Crippen molar-refractivity contribution in [3.63, 3.8) is 0 Å². The van der Waals surface area contributed by atoms with Gasteiger partial charge in [0.2, 0.25) is 11.8 Å². The van der Waals surface area contributed by atoms with Gasteiger partial charge in [-0.25, -0.2) is 0 Å². The van der Waals surface area contributed by atoms with Crippen LogP contribution in [0, 0.1) is 13.8 Å². The Morgan fingerprint density at radius 2 is 1.88 bits per heavy atom. The van der Waals surface area contributed by atoms with Gasteiger partial charge in [-0.05, 0) is 43.2 Å². The van der Waals surface area contributed by atoms with E-state index in [4.69, 9.17) is 16.0 Å². The van der Waals surface area contributed by atoms with Crippen LogP contribution in [0.4, 0.5) is 11.4 Å². The summed E-state index contributed by atoms with van der Waals surface area (Å²) in [5, 5.41) is 6.74. The van der Waals surface area contributed by atoms with Gasteiger partial charge in [0, 0.05) is 23.6 Å². The molecule has 5 nitrogen and oxygen atoms in total. The monoisotopic (exact) mass is 370 g/mol. The van der Waals surface area contributed by atoms with Crippen LogP contribution < -0.4 is 10.6 Å². The molecule has 0 aliphatic rings. The van der Waals surface area contributed by atoms with E-state index in [1.54, 1.807) is 24.5 Å². The SMILES string of the molecule is CC(=O)Nc1ccc(NC(=O)Cc2coc3c(C)c(C)ccc23)cc1Cl. The Morgan fingerprint density at radius 1 is 1.12 bits per heavy atom. The summed E-state index contributed by atoms with van der Waals surface area (Å²) in [5.74, 6) is -0.379. The number of aryl methyl sites for hydroxylation is 2. The second kappa shape index (κ2) is 7.22. The molecule has 2 amide bonds. The molecule has 2 aromatic carbocycles. The lowest BCUT2D eigenvalue weighted by atomic mass is 10.0. The molecule has 1 aromatic heterocycles. The first-order chi connectivity index (χ1) is 12.3. The highest BCUT2D eigenvalue weighted by molar-refractivity contribution is 6.34. The summed E-state index contributed by atoms with van der Waals surface area (Å²) in [6.45, 7) is 5.44. The number of nitrogens with one attached hydrogen (secondary N) is 2. The van der Waals surface area contributed by atoms with Crippen molar-refractivity contribution in [2.24, 2.45) is 0 Å². The summed E-state index contributed by atoms with van der Waals surface area (Å²) in [5.41, 5.74) is 4.95. The lowest BCUT2D eigenvalue weighted by molar-refractivity contribution is -0.116. The highest BCUT2D eigenvalue weighted by Crippen LogP contribution is 2.28. The molecule has 26 heavy (non-hydrogen) atoms. The molecule has 2 N–H and O–H groups in total. The van der Waals surface area contributed by atoms with Crippen molar-refractivity contribution in [1.29, 1.82) is 0 Å². The van der Waals surface area contributed by atoms with Crippen molar-refractivity contribution in [3.05, 3.63) is 58.3 Å². The summed E-state index contributed by atoms with van der Waals surface area (Å²) < 4.78 is 5.64. The van der Waals surface area contributed by atoms with Gasteiger partial charge in [-0.15, -0.1) is 0 Å². The normalized spacial score (nSPS) is 10.8. The fraction of sp³-hybridized carbons (Fsp3) is 0.200. The average molecular weight is 371 g/mol. The molecule has 134 valence electrons. The Labute approximate surface area is 156 Å². The van der Waals surface area contributed by atoms with Crippen LogP contribution >= 0.6 is 11.6 Å². The van der Waals surface area contributed by atoms with Crippen LogP contribution in [-0.4, -0.2) is 11.8 Å². The topological polar surface area (TPSA) is 71.3 Å². The summed E-state index contributed by atoms with van der Waals surface area (Å²) in [7, 11) is 0. The first-order valence-electron chi connectivity index (χ1n) is 8.18. The number of hydrogen-bond donors (Lipinski definition) is 2. The number of halogens is 1. The molecule has 0 bridgehead atoms. The maximum atomic E-state index is 12.4. The molecule has 1 heterocycles. The van der Waals surface area contributed by atoms with Gasteiger partial charge in [0.1, 0.15) is 5.58 Å². The molecular formula is C20H19ClN2O3. The Kier molecular flexibility index (Phi) is 5.00. The number of carbonyl (C=O) groups is 2. The minimum Gasteiger partial charge on any atom is -0.464 e. The molecule has 0 unspecified atom stereocenters. The van der Waals surface area contributed by atoms with Crippen LogP contribution in [0.25, 0.3) is 11.0 Å². The molecule has 0 aliphatic carbocycles. The number of furan rings is 1. The number of benzene rings is 2. The number of carbonyl (C=O) groups excluding carboxylic acids is 2. The van der Waals surface area contributed by atoms with Crippen LogP contribution in [0.3, 0.4) is 0 Å². The first-order valence-corrected chi connectivity index (χ1v) is 8.56. The van der Waals surface area contributed by atoms with E-state index in [0.29, 0.717) is 16.4 Å². The van der Waals surface area contributed by atoms with E-state index in [1.807, 2.05) is 26.0 Å². The molecule has 3 aromatic rings. The zero-order chi connectivity index (χ0) is 18.8. The second-order valence-electron chi connectivity index (χ2n) is 6.25. The van der Waals surface area contributed by atoms with Gasteiger partial charge in [-0.2, -0.15) is 0 Å². The fourth-order valence-electron chi connectivity index (χ4n) is 2.79. The van der Waals surface area contributed by atoms with E-state index < -0.39 is 0 Å². The quantitative estimate of drug-likeness (QED) is 0.690. The van der Waals surface area contributed by atoms with Crippen LogP contribution in [0.5, 0.6) is 0 Å². The number of hydrogen-bond acceptors (Lipinski definition) is 3. The summed E-state index contributed by atoms with van der Waals surface area (Å²) >= 11 is 6.13. The summed E-state index contributed by atoms with van der Waals surface area (Å²) in [6.07, 6.45) is 1.82. The van der Waals surface area contributed by atoms with Crippen LogP contribution in [-0.2, 0) is 16.0 Å². The Bertz CT molecular complexity index is 1010. The number of fused-ring (bicyclic) bond motifs is 1. The molecule has 6 heteroatoms. The maximum Gasteiger partial charge on any atom is 0.228 e. The van der Waals surface area contributed by atoms with Crippen LogP contribution in [0.1, 0.15) is 23.6 Å². The molecule has 0 aliphatic heterocycles. The van der Waals surface area contributed by atoms with Crippen molar-refractivity contribution in [2.45, 2.75) is 27.2 Å². The highest BCUT2D eigenvalue weighted by atomic mass is 35.5. The molecule has 0 saturated heterocycles. The first kappa shape index (κ1) is 18.0. The van der Waals surface area contributed by atoms with Gasteiger partial charge in [0.15, 0.2) is 0 Å².